The van der Waals surface area contributed by atoms with Gasteiger partial charge in [-0.25, -0.2) is 0 Å². The van der Waals surface area contributed by atoms with E-state index in [1.165, 1.54) is 4.68 Å². The Morgan fingerprint density at radius 3 is 2.73 bits per heavy atom. The van der Waals surface area contributed by atoms with Gasteiger partial charge in [0.25, 0.3) is 0 Å². The second-order valence-corrected chi connectivity index (χ2v) is 5.78. The van der Waals surface area contributed by atoms with Crippen molar-refractivity contribution in [1.82, 2.24) is 15.1 Å². The van der Waals surface area contributed by atoms with E-state index in [9.17, 15) is 20.0 Å². The van der Waals surface area contributed by atoms with Crippen LogP contribution in [0.15, 0.2) is 0 Å². The van der Waals surface area contributed by atoms with Crippen LogP contribution >= 0.6 is 0 Å². The molecule has 0 aliphatic heterocycles. The van der Waals surface area contributed by atoms with E-state index in [4.69, 9.17) is 0 Å². The predicted molar refractivity (Wildman–Crippen MR) is 79.4 cm³/mol. The summed E-state index contributed by atoms with van der Waals surface area (Å²) in [6.45, 7) is 3.50. The highest BCUT2D eigenvalue weighted by Crippen LogP contribution is 2.22. The summed E-state index contributed by atoms with van der Waals surface area (Å²) in [6, 6.07) is -0.184. The summed E-state index contributed by atoms with van der Waals surface area (Å²) in [4.78, 5) is 22.5. The Morgan fingerprint density at radius 1 is 1.45 bits per heavy atom. The van der Waals surface area contributed by atoms with Gasteiger partial charge in [0, 0.05) is 6.42 Å². The van der Waals surface area contributed by atoms with Crippen molar-refractivity contribution in [3.05, 3.63) is 21.5 Å². The first-order valence-corrected chi connectivity index (χ1v) is 7.56. The Morgan fingerprint density at radius 2 is 2.14 bits per heavy atom. The fourth-order valence-electron chi connectivity index (χ4n) is 2.94. The molecule has 1 fully saturated rings. The minimum Gasteiger partial charge on any atom is -0.391 e. The highest BCUT2D eigenvalue weighted by atomic mass is 16.6. The minimum absolute atomic E-state index is 0.00288. The molecule has 2 atom stereocenters. The molecule has 0 saturated heterocycles. The zero-order chi connectivity index (χ0) is 16.3. The highest BCUT2D eigenvalue weighted by Gasteiger charge is 2.25. The lowest BCUT2D eigenvalue weighted by atomic mass is 9.92. The van der Waals surface area contributed by atoms with Gasteiger partial charge in [-0.2, -0.15) is 5.10 Å². The number of nitro groups is 1. The van der Waals surface area contributed by atoms with Crippen LogP contribution in [-0.2, 0) is 11.3 Å². The zero-order valence-electron chi connectivity index (χ0n) is 12.9. The Kier molecular flexibility index (Phi) is 5.12. The number of amides is 1. The second-order valence-electron chi connectivity index (χ2n) is 5.78. The maximum absolute atomic E-state index is 12.0. The molecule has 0 aromatic carbocycles. The third-order valence-corrected chi connectivity index (χ3v) is 4.15. The number of nitrogens with zero attached hydrogens (tertiary/aromatic N) is 3. The molecule has 22 heavy (non-hydrogen) atoms. The molecular formula is C14H22N4O4. The molecule has 0 bridgehead atoms. The van der Waals surface area contributed by atoms with Crippen LogP contribution in [-0.4, -0.2) is 37.9 Å². The fraction of sp³-hybridized carbons (Fsp3) is 0.714. The van der Waals surface area contributed by atoms with Gasteiger partial charge < -0.3 is 10.4 Å². The van der Waals surface area contributed by atoms with E-state index in [0.717, 1.165) is 19.3 Å². The van der Waals surface area contributed by atoms with Crippen LogP contribution in [0.25, 0.3) is 0 Å². The number of aromatic nitrogens is 2. The number of hydrogen-bond acceptors (Lipinski definition) is 5. The number of hydrogen-bond donors (Lipinski definition) is 2. The SMILES string of the molecule is Cc1nn(CCC(=O)NC2CCCCC2O)c(C)c1[N+](=O)[O-]. The van der Waals surface area contributed by atoms with Gasteiger partial charge in [0.1, 0.15) is 11.4 Å². The van der Waals surface area contributed by atoms with Gasteiger partial charge in [-0.1, -0.05) is 12.8 Å². The van der Waals surface area contributed by atoms with Gasteiger partial charge in [-0.3, -0.25) is 19.6 Å². The van der Waals surface area contributed by atoms with Crippen LogP contribution in [0.5, 0.6) is 0 Å². The standard InChI is InChI=1S/C14H22N4O4/c1-9-14(18(21)22)10(2)17(16-9)8-7-13(20)15-11-5-3-4-6-12(11)19/h11-12,19H,3-8H2,1-2H3,(H,15,20). The molecule has 0 radical (unpaired) electrons. The van der Waals surface area contributed by atoms with E-state index in [2.05, 4.69) is 10.4 Å². The van der Waals surface area contributed by atoms with Crippen LogP contribution in [0.3, 0.4) is 0 Å². The van der Waals surface area contributed by atoms with Crippen LogP contribution in [0.2, 0.25) is 0 Å². The monoisotopic (exact) mass is 310 g/mol. The zero-order valence-corrected chi connectivity index (χ0v) is 12.9. The van der Waals surface area contributed by atoms with Crippen molar-refractivity contribution in [2.75, 3.05) is 0 Å². The van der Waals surface area contributed by atoms with Crippen LogP contribution in [0, 0.1) is 24.0 Å². The van der Waals surface area contributed by atoms with Crippen LogP contribution in [0.1, 0.15) is 43.5 Å². The molecule has 0 spiro atoms. The number of carbonyl (C=O) groups excluding carboxylic acids is 1. The number of rotatable bonds is 5. The summed E-state index contributed by atoms with van der Waals surface area (Å²) in [5, 5.41) is 27.7. The number of aliphatic hydroxyl groups is 1. The molecule has 8 nitrogen and oxygen atoms in total. The summed E-state index contributed by atoms with van der Waals surface area (Å²) in [6.07, 6.45) is 3.21. The van der Waals surface area contributed by atoms with E-state index in [0.29, 0.717) is 17.8 Å². The third kappa shape index (κ3) is 3.62. The molecule has 2 N–H and O–H groups in total. The largest absolute Gasteiger partial charge is 0.391 e. The molecule has 1 heterocycles. The molecule has 1 amide bonds. The summed E-state index contributed by atoms with van der Waals surface area (Å²) in [5.74, 6) is -0.166. The molecule has 1 aliphatic rings. The van der Waals surface area contributed by atoms with Crippen LogP contribution in [0.4, 0.5) is 5.69 Å². The molecule has 1 aromatic heterocycles. The topological polar surface area (TPSA) is 110 Å². The van der Waals surface area contributed by atoms with E-state index < -0.39 is 11.0 Å². The Balaban J connectivity index is 1.91. The quantitative estimate of drug-likeness (QED) is 0.627. The number of carbonyl (C=O) groups is 1. The van der Waals surface area contributed by atoms with Gasteiger partial charge in [0.15, 0.2) is 0 Å². The fourth-order valence-corrected chi connectivity index (χ4v) is 2.94. The second kappa shape index (κ2) is 6.87. The predicted octanol–water partition coefficient (Wildman–Crippen LogP) is 1.22. The third-order valence-electron chi connectivity index (χ3n) is 4.15. The summed E-state index contributed by atoms with van der Waals surface area (Å²) >= 11 is 0. The first kappa shape index (κ1) is 16.4. The first-order chi connectivity index (χ1) is 10.4. The van der Waals surface area contributed by atoms with Gasteiger partial charge in [-0.05, 0) is 26.7 Å². The first-order valence-electron chi connectivity index (χ1n) is 7.56. The smallest absolute Gasteiger partial charge is 0.312 e. The number of nitrogens with one attached hydrogen (secondary N) is 1. The Labute approximate surface area is 128 Å². The maximum atomic E-state index is 12.0. The summed E-state index contributed by atoms with van der Waals surface area (Å²) in [7, 11) is 0. The number of aliphatic hydroxyl groups excluding tert-OH is 1. The molecule has 8 heteroatoms. The molecule has 1 saturated carbocycles. The van der Waals surface area contributed by atoms with E-state index in [-0.39, 0.29) is 30.6 Å². The van der Waals surface area contributed by atoms with E-state index in [1.54, 1.807) is 13.8 Å². The van der Waals surface area contributed by atoms with E-state index in [1.807, 2.05) is 0 Å². The number of aryl methyl sites for hydroxylation is 2. The lowest BCUT2D eigenvalue weighted by molar-refractivity contribution is -0.386. The van der Waals surface area contributed by atoms with Crippen molar-refractivity contribution in [1.29, 1.82) is 0 Å². The van der Waals surface area contributed by atoms with Gasteiger partial charge in [0.05, 0.1) is 23.6 Å². The van der Waals surface area contributed by atoms with Crippen LogP contribution < -0.4 is 5.32 Å². The molecule has 2 rings (SSSR count). The van der Waals surface area contributed by atoms with Crippen molar-refractivity contribution < 1.29 is 14.8 Å². The van der Waals surface area contributed by atoms with Crippen molar-refractivity contribution in [3.8, 4) is 0 Å². The van der Waals surface area contributed by atoms with Crippen molar-refractivity contribution >= 4 is 11.6 Å². The molecule has 1 aliphatic carbocycles. The van der Waals surface area contributed by atoms with Crippen molar-refractivity contribution in [2.45, 2.75) is 64.6 Å². The normalized spacial score (nSPS) is 21.6. The van der Waals surface area contributed by atoms with Gasteiger partial charge in [-0.15, -0.1) is 0 Å². The lowest BCUT2D eigenvalue weighted by Gasteiger charge is -2.28. The maximum Gasteiger partial charge on any atom is 0.312 e. The molecular weight excluding hydrogens is 288 g/mol. The van der Waals surface area contributed by atoms with Crippen molar-refractivity contribution in [2.24, 2.45) is 0 Å². The Bertz CT molecular complexity index is 569. The minimum atomic E-state index is -0.479. The summed E-state index contributed by atoms with van der Waals surface area (Å²) in [5.41, 5.74) is 0.807. The lowest BCUT2D eigenvalue weighted by Crippen LogP contribution is -2.45. The average molecular weight is 310 g/mol. The average Bonchev–Trinajstić information content (AvgIpc) is 2.73. The van der Waals surface area contributed by atoms with Gasteiger partial charge in [0.2, 0.25) is 5.91 Å². The molecule has 1 aromatic rings. The van der Waals surface area contributed by atoms with Gasteiger partial charge >= 0.3 is 5.69 Å². The molecule has 122 valence electrons. The van der Waals surface area contributed by atoms with E-state index >= 15 is 0 Å². The highest BCUT2D eigenvalue weighted by molar-refractivity contribution is 5.76. The molecule has 2 unspecified atom stereocenters. The Hall–Kier alpha value is -1.96. The van der Waals surface area contributed by atoms with Crippen molar-refractivity contribution in [3.63, 3.8) is 0 Å². The summed E-state index contributed by atoms with van der Waals surface area (Å²) < 4.78 is 1.49.